The third-order valence-corrected chi connectivity index (χ3v) is 1.15. The molecule has 0 fully saturated rings. The van der Waals surface area contributed by atoms with E-state index in [2.05, 4.69) is 0 Å². The van der Waals surface area contributed by atoms with Gasteiger partial charge in [0.15, 0.2) is 0 Å². The number of hydrogen-bond acceptors (Lipinski definition) is 0. The molecule has 0 atom stereocenters. The van der Waals surface area contributed by atoms with Crippen LogP contribution in [0.4, 0.5) is 4.32 Å². The van der Waals surface area contributed by atoms with Gasteiger partial charge in [0.2, 0.25) is 0 Å². The van der Waals surface area contributed by atoms with Gasteiger partial charge < -0.3 is 4.32 Å². The zero-order chi connectivity index (χ0) is 7.23. The van der Waals surface area contributed by atoms with Crippen LogP contribution in [0.2, 0.25) is 0 Å². The van der Waals surface area contributed by atoms with Gasteiger partial charge in [-0.25, -0.2) is 0 Å². The molecule has 0 amide bonds. The molecule has 0 aromatic carbocycles. The van der Waals surface area contributed by atoms with Gasteiger partial charge in [0.1, 0.15) is 0 Å². The van der Waals surface area contributed by atoms with Crippen LogP contribution < -0.4 is 0 Å². The van der Waals surface area contributed by atoms with Crippen molar-refractivity contribution in [3.63, 3.8) is 0 Å². The maximum atomic E-state index is 12.6. The summed E-state index contributed by atoms with van der Waals surface area (Å²) in [5.41, 5.74) is 0. The van der Waals surface area contributed by atoms with Crippen LogP contribution in [-0.4, -0.2) is 6.99 Å². The van der Waals surface area contributed by atoms with Gasteiger partial charge in [-0.3, -0.25) is 0 Å². The molecular formula is C8H8BF. The van der Waals surface area contributed by atoms with Crippen LogP contribution in [0.25, 0.3) is 0 Å². The van der Waals surface area contributed by atoms with Crippen molar-refractivity contribution in [2.45, 2.75) is 0 Å². The quantitative estimate of drug-likeness (QED) is 0.445. The van der Waals surface area contributed by atoms with E-state index >= 15 is 0 Å². The first kappa shape index (κ1) is 7.07. The van der Waals surface area contributed by atoms with Crippen molar-refractivity contribution in [2.24, 2.45) is 0 Å². The molecule has 0 bridgehead atoms. The van der Waals surface area contributed by atoms with Crippen LogP contribution in [0, 0.1) is 0 Å². The predicted octanol–water partition coefficient (Wildman–Crippen LogP) is 2.26. The van der Waals surface area contributed by atoms with Crippen molar-refractivity contribution in [3.8, 4) is 0 Å². The Morgan fingerprint density at radius 2 is 1.10 bits per heavy atom. The third kappa shape index (κ3) is 2.49. The topological polar surface area (TPSA) is 0 Å². The Bertz CT molecular complexity index is 179. The van der Waals surface area contributed by atoms with Gasteiger partial charge in [-0.2, -0.15) is 0 Å². The zero-order valence-corrected chi connectivity index (χ0v) is 5.57. The van der Waals surface area contributed by atoms with Gasteiger partial charge in [0.25, 0.3) is 0 Å². The van der Waals surface area contributed by atoms with Crippen molar-refractivity contribution in [2.75, 3.05) is 0 Å². The van der Waals surface area contributed by atoms with Crippen molar-refractivity contribution in [1.29, 1.82) is 0 Å². The van der Waals surface area contributed by atoms with Gasteiger partial charge >= 0.3 is 6.99 Å². The Morgan fingerprint density at radius 1 is 0.700 bits per heavy atom. The lowest BCUT2D eigenvalue weighted by molar-refractivity contribution is 0.863. The summed E-state index contributed by atoms with van der Waals surface area (Å²) in [4.78, 5) is 0. The molecule has 0 saturated heterocycles. The van der Waals surface area contributed by atoms with E-state index < -0.39 is 6.99 Å². The summed E-state index contributed by atoms with van der Waals surface area (Å²) in [5, 5.41) is 0. The fourth-order valence-electron chi connectivity index (χ4n) is 0.661. The molecule has 2 heteroatoms. The van der Waals surface area contributed by atoms with E-state index in [1.807, 2.05) is 12.2 Å². The Morgan fingerprint density at radius 3 is 1.60 bits per heavy atom. The highest BCUT2D eigenvalue weighted by atomic mass is 19.1. The molecule has 0 nitrogen and oxygen atoms in total. The maximum Gasteiger partial charge on any atom is 0.399 e. The smallest absolute Gasteiger partial charge is 0.324 e. The molecule has 0 spiro atoms. The SMILES string of the molecule is FB1\C=C/C=C\C=C/C=C\1. The summed E-state index contributed by atoms with van der Waals surface area (Å²) in [6, 6.07) is 0. The number of rotatable bonds is 0. The Hall–Kier alpha value is -1.05. The molecule has 10 heavy (non-hydrogen) atoms. The fraction of sp³-hybridized carbons (Fsp3) is 0. The first-order valence-corrected chi connectivity index (χ1v) is 3.22. The summed E-state index contributed by atoms with van der Waals surface area (Å²) in [5.74, 6) is 3.00. The molecule has 0 saturated carbocycles. The van der Waals surface area contributed by atoms with Gasteiger partial charge in [-0.15, -0.1) is 0 Å². The van der Waals surface area contributed by atoms with E-state index in [9.17, 15) is 4.32 Å². The highest BCUT2D eigenvalue weighted by molar-refractivity contribution is 6.62. The molecule has 0 N–H and O–H groups in total. The van der Waals surface area contributed by atoms with E-state index in [-0.39, 0.29) is 0 Å². The highest BCUT2D eigenvalue weighted by Crippen LogP contribution is 1.94. The van der Waals surface area contributed by atoms with Crippen LogP contribution in [0.1, 0.15) is 0 Å². The molecule has 0 aromatic heterocycles. The molecule has 0 radical (unpaired) electrons. The fourth-order valence-corrected chi connectivity index (χ4v) is 0.661. The van der Waals surface area contributed by atoms with Crippen molar-refractivity contribution in [1.82, 2.24) is 0 Å². The number of halogens is 1. The summed E-state index contributed by atoms with van der Waals surface area (Å²) >= 11 is 0. The molecule has 0 aliphatic carbocycles. The second-order valence-corrected chi connectivity index (χ2v) is 1.98. The van der Waals surface area contributed by atoms with Crippen molar-refractivity contribution in [3.05, 3.63) is 48.4 Å². The maximum absolute atomic E-state index is 12.6. The first-order valence-electron chi connectivity index (χ1n) is 3.22. The second kappa shape index (κ2) is 3.88. The third-order valence-electron chi connectivity index (χ3n) is 1.15. The molecule has 0 aromatic rings. The number of allylic oxidation sites excluding steroid dienone is 6. The van der Waals surface area contributed by atoms with Crippen LogP contribution >= 0.6 is 0 Å². The lowest BCUT2D eigenvalue weighted by Gasteiger charge is -1.82. The molecule has 1 aliphatic heterocycles. The van der Waals surface area contributed by atoms with Gasteiger partial charge in [0, 0.05) is 0 Å². The highest BCUT2D eigenvalue weighted by Gasteiger charge is 2.00. The Labute approximate surface area is 60.6 Å². The molecule has 1 heterocycles. The predicted molar refractivity (Wildman–Crippen MR) is 43.4 cm³/mol. The minimum atomic E-state index is -0.951. The van der Waals surface area contributed by atoms with E-state index in [4.69, 9.17) is 0 Å². The van der Waals surface area contributed by atoms with E-state index in [0.717, 1.165) is 0 Å². The first-order chi connectivity index (χ1) is 4.89. The van der Waals surface area contributed by atoms with E-state index in [1.54, 1.807) is 24.3 Å². The molecular weight excluding hydrogens is 126 g/mol. The zero-order valence-electron chi connectivity index (χ0n) is 5.57. The normalized spacial score (nSPS) is 29.5. The van der Waals surface area contributed by atoms with Crippen LogP contribution in [0.15, 0.2) is 48.4 Å². The van der Waals surface area contributed by atoms with Crippen LogP contribution in [0.5, 0.6) is 0 Å². The summed E-state index contributed by atoms with van der Waals surface area (Å²) in [7, 11) is 0. The van der Waals surface area contributed by atoms with Crippen molar-refractivity contribution >= 4 is 6.99 Å². The minimum Gasteiger partial charge on any atom is -0.324 e. The van der Waals surface area contributed by atoms with Crippen LogP contribution in [-0.2, 0) is 0 Å². The summed E-state index contributed by atoms with van der Waals surface area (Å²) in [6.45, 7) is -0.951. The minimum absolute atomic E-state index is 0.951. The lowest BCUT2D eigenvalue weighted by atomic mass is 9.72. The van der Waals surface area contributed by atoms with E-state index in [0.29, 0.717) is 0 Å². The molecule has 1 aliphatic rings. The average molecular weight is 134 g/mol. The van der Waals surface area contributed by atoms with Crippen molar-refractivity contribution < 1.29 is 4.32 Å². The Balaban J connectivity index is 2.70. The van der Waals surface area contributed by atoms with Gasteiger partial charge in [-0.05, 0) is 0 Å². The number of hydrogen-bond donors (Lipinski definition) is 0. The summed E-state index contributed by atoms with van der Waals surface area (Å²) in [6.07, 6.45) is 10.7. The van der Waals surface area contributed by atoms with Gasteiger partial charge in [-0.1, -0.05) is 48.4 Å². The Kier molecular flexibility index (Phi) is 2.74. The molecule has 1 rings (SSSR count). The van der Waals surface area contributed by atoms with E-state index in [1.165, 1.54) is 12.0 Å². The average Bonchev–Trinajstić information content (AvgIpc) is 2.02. The standard InChI is InChI=1S/C8H8BF/c10-9-7-5-3-1-2-4-6-8-9/h1-8H/b3-1-,4-2-,7-5-,8-6-. The second-order valence-electron chi connectivity index (χ2n) is 1.98. The summed E-state index contributed by atoms with van der Waals surface area (Å²) < 4.78 is 12.6. The van der Waals surface area contributed by atoms with Crippen LogP contribution in [0.3, 0.4) is 0 Å². The largest absolute Gasteiger partial charge is 0.399 e. The molecule has 50 valence electrons. The lowest BCUT2D eigenvalue weighted by Crippen LogP contribution is -1.93. The molecule has 0 unspecified atom stereocenters. The van der Waals surface area contributed by atoms with Gasteiger partial charge in [0.05, 0.1) is 0 Å². The monoisotopic (exact) mass is 134 g/mol.